The van der Waals surface area contributed by atoms with E-state index in [4.69, 9.17) is 9.11 Å². The highest BCUT2D eigenvalue weighted by atomic mass is 32.1. The minimum absolute atomic E-state index is 0.831. The third kappa shape index (κ3) is 3.71. The van der Waals surface area contributed by atoms with Gasteiger partial charge in [-0.1, -0.05) is 6.07 Å². The van der Waals surface area contributed by atoms with Crippen molar-refractivity contribution >= 4 is 27.6 Å². The van der Waals surface area contributed by atoms with E-state index in [9.17, 15) is 0 Å². The normalized spacial score (nSPS) is 14.9. The molecular formula is C22H22N6OS. The van der Waals surface area contributed by atoms with Crippen LogP contribution in [0.25, 0.3) is 21.5 Å². The highest BCUT2D eigenvalue weighted by molar-refractivity contribution is 7.14. The zero-order valence-corrected chi connectivity index (χ0v) is 17.5. The second-order valence-corrected chi connectivity index (χ2v) is 8.03. The van der Waals surface area contributed by atoms with Crippen molar-refractivity contribution in [2.24, 2.45) is 0 Å². The van der Waals surface area contributed by atoms with Crippen LogP contribution in [0.3, 0.4) is 0 Å². The molecule has 7 nitrogen and oxygen atoms in total. The van der Waals surface area contributed by atoms with E-state index in [1.165, 1.54) is 17.1 Å². The quantitative estimate of drug-likeness (QED) is 0.491. The number of ether oxygens (including phenoxy) is 1. The molecule has 0 atom stereocenters. The molecule has 152 valence electrons. The first-order chi connectivity index (χ1) is 14.8. The van der Waals surface area contributed by atoms with Crippen molar-refractivity contribution in [2.45, 2.75) is 6.54 Å². The molecule has 0 N–H and O–H groups in total. The van der Waals surface area contributed by atoms with E-state index in [2.05, 4.69) is 30.8 Å². The zero-order valence-electron chi connectivity index (χ0n) is 16.7. The maximum absolute atomic E-state index is 5.26. The first kappa shape index (κ1) is 18.9. The van der Waals surface area contributed by atoms with Crippen molar-refractivity contribution in [3.8, 4) is 17.0 Å². The molecule has 1 aromatic carbocycles. The van der Waals surface area contributed by atoms with Gasteiger partial charge in [-0.2, -0.15) is 4.37 Å². The lowest BCUT2D eigenvalue weighted by molar-refractivity contribution is 0.249. The summed E-state index contributed by atoms with van der Waals surface area (Å²) in [4.78, 5) is 18.2. The van der Waals surface area contributed by atoms with Gasteiger partial charge in [0.1, 0.15) is 28.0 Å². The predicted molar refractivity (Wildman–Crippen MR) is 119 cm³/mol. The zero-order chi connectivity index (χ0) is 20.3. The molecule has 1 aliphatic rings. The third-order valence-electron chi connectivity index (χ3n) is 5.40. The van der Waals surface area contributed by atoms with Crippen LogP contribution in [-0.4, -0.2) is 57.5 Å². The van der Waals surface area contributed by atoms with Crippen LogP contribution in [0.5, 0.6) is 5.75 Å². The minimum atomic E-state index is 0.831. The summed E-state index contributed by atoms with van der Waals surface area (Å²) in [6.45, 7) is 4.78. The molecule has 4 aromatic rings. The molecule has 1 aliphatic heterocycles. The summed E-state index contributed by atoms with van der Waals surface area (Å²) in [6.07, 6.45) is 5.41. The van der Waals surface area contributed by atoms with Gasteiger partial charge in [0.15, 0.2) is 5.82 Å². The van der Waals surface area contributed by atoms with Crippen LogP contribution >= 0.6 is 11.5 Å². The average Bonchev–Trinajstić information content (AvgIpc) is 3.25. The number of benzene rings is 1. The Labute approximate surface area is 179 Å². The monoisotopic (exact) mass is 418 g/mol. The smallest absolute Gasteiger partial charge is 0.151 e. The van der Waals surface area contributed by atoms with Gasteiger partial charge in [-0.15, -0.1) is 0 Å². The van der Waals surface area contributed by atoms with Crippen LogP contribution in [-0.2, 0) is 6.54 Å². The molecule has 5 rings (SSSR count). The number of rotatable bonds is 5. The van der Waals surface area contributed by atoms with Gasteiger partial charge in [0.25, 0.3) is 0 Å². The SMILES string of the molecule is COc1ccc(-c2nsc3c(N4CCN(Cc5cccnc5)CC4)ncnc23)cc1. The van der Waals surface area contributed by atoms with Crippen molar-refractivity contribution in [1.82, 2.24) is 24.2 Å². The number of anilines is 1. The van der Waals surface area contributed by atoms with E-state index < -0.39 is 0 Å². The molecule has 0 saturated carbocycles. The Balaban J connectivity index is 1.35. The Hall–Kier alpha value is -3.10. The molecular weight excluding hydrogens is 396 g/mol. The molecule has 30 heavy (non-hydrogen) atoms. The van der Waals surface area contributed by atoms with Gasteiger partial charge < -0.3 is 9.64 Å². The molecule has 1 saturated heterocycles. The van der Waals surface area contributed by atoms with E-state index in [0.29, 0.717) is 0 Å². The average molecular weight is 419 g/mol. The fraction of sp³-hybridized carbons (Fsp3) is 0.273. The standard InChI is InChI=1S/C22H22N6OS/c1-29-18-6-4-17(5-7-18)19-20-21(30-26-19)22(25-15-24-20)28-11-9-27(10-12-28)14-16-3-2-8-23-13-16/h2-8,13,15H,9-12,14H2,1H3. The van der Waals surface area contributed by atoms with Crippen molar-refractivity contribution in [1.29, 1.82) is 0 Å². The Bertz CT molecular complexity index is 1120. The third-order valence-corrected chi connectivity index (χ3v) is 6.23. The first-order valence-electron chi connectivity index (χ1n) is 9.93. The number of methoxy groups -OCH3 is 1. The molecule has 0 amide bonds. The van der Waals surface area contributed by atoms with Gasteiger partial charge in [0.2, 0.25) is 0 Å². The van der Waals surface area contributed by atoms with E-state index >= 15 is 0 Å². The summed E-state index contributed by atoms with van der Waals surface area (Å²) in [6, 6.07) is 12.1. The second kappa shape index (κ2) is 8.33. The molecule has 0 unspecified atom stereocenters. The number of piperazine rings is 1. The van der Waals surface area contributed by atoms with Crippen LogP contribution in [0.2, 0.25) is 0 Å². The number of pyridine rings is 1. The topological polar surface area (TPSA) is 67.3 Å². The van der Waals surface area contributed by atoms with E-state index in [-0.39, 0.29) is 0 Å². The van der Waals surface area contributed by atoms with Gasteiger partial charge in [0.05, 0.1) is 7.11 Å². The molecule has 0 bridgehead atoms. The fourth-order valence-electron chi connectivity index (χ4n) is 3.78. The van der Waals surface area contributed by atoms with E-state index in [1.807, 2.05) is 42.7 Å². The lowest BCUT2D eigenvalue weighted by atomic mass is 10.1. The van der Waals surface area contributed by atoms with Crippen molar-refractivity contribution in [3.63, 3.8) is 0 Å². The summed E-state index contributed by atoms with van der Waals surface area (Å²) >= 11 is 1.47. The number of aromatic nitrogens is 4. The number of hydrogen-bond acceptors (Lipinski definition) is 8. The summed E-state index contributed by atoms with van der Waals surface area (Å²) < 4.78 is 11.0. The molecule has 3 aromatic heterocycles. The molecule has 1 fully saturated rings. The molecule has 0 aliphatic carbocycles. The van der Waals surface area contributed by atoms with E-state index in [0.717, 1.165) is 65.8 Å². The molecule has 0 radical (unpaired) electrons. The molecule has 0 spiro atoms. The summed E-state index contributed by atoms with van der Waals surface area (Å²) in [7, 11) is 1.67. The lowest BCUT2D eigenvalue weighted by Crippen LogP contribution is -2.46. The highest BCUT2D eigenvalue weighted by Gasteiger charge is 2.22. The van der Waals surface area contributed by atoms with Gasteiger partial charge in [-0.05, 0) is 47.4 Å². The fourth-order valence-corrected chi connectivity index (χ4v) is 4.66. The van der Waals surface area contributed by atoms with Crippen LogP contribution < -0.4 is 9.64 Å². The van der Waals surface area contributed by atoms with Crippen molar-refractivity contribution in [2.75, 3.05) is 38.2 Å². The van der Waals surface area contributed by atoms with Crippen LogP contribution in [0.4, 0.5) is 5.82 Å². The Morgan fingerprint density at radius 1 is 1.03 bits per heavy atom. The van der Waals surface area contributed by atoms with Gasteiger partial charge in [-0.3, -0.25) is 9.88 Å². The van der Waals surface area contributed by atoms with Gasteiger partial charge in [-0.25, -0.2) is 9.97 Å². The summed E-state index contributed by atoms with van der Waals surface area (Å²) in [5.41, 5.74) is 4.10. The van der Waals surface area contributed by atoms with E-state index in [1.54, 1.807) is 13.4 Å². The van der Waals surface area contributed by atoms with Crippen LogP contribution in [0.1, 0.15) is 5.56 Å². The Morgan fingerprint density at radius 2 is 1.87 bits per heavy atom. The van der Waals surface area contributed by atoms with Crippen LogP contribution in [0.15, 0.2) is 55.1 Å². The summed E-state index contributed by atoms with van der Waals surface area (Å²) in [5, 5.41) is 0. The summed E-state index contributed by atoms with van der Waals surface area (Å²) in [5.74, 6) is 1.82. The van der Waals surface area contributed by atoms with Gasteiger partial charge >= 0.3 is 0 Å². The maximum Gasteiger partial charge on any atom is 0.151 e. The predicted octanol–water partition coefficient (Wildman–Crippen LogP) is 3.48. The number of fused-ring (bicyclic) bond motifs is 1. The van der Waals surface area contributed by atoms with Gasteiger partial charge in [0, 0.05) is 50.7 Å². The van der Waals surface area contributed by atoms with Crippen molar-refractivity contribution < 1.29 is 4.74 Å². The highest BCUT2D eigenvalue weighted by Crippen LogP contribution is 2.35. The maximum atomic E-state index is 5.26. The van der Waals surface area contributed by atoms with Crippen LogP contribution in [0, 0.1) is 0 Å². The molecule has 4 heterocycles. The first-order valence-corrected chi connectivity index (χ1v) is 10.7. The second-order valence-electron chi connectivity index (χ2n) is 7.26. The largest absolute Gasteiger partial charge is 0.497 e. The van der Waals surface area contributed by atoms with Crippen molar-refractivity contribution in [3.05, 3.63) is 60.7 Å². The Morgan fingerprint density at radius 3 is 2.60 bits per heavy atom. The lowest BCUT2D eigenvalue weighted by Gasteiger charge is -2.35. The number of nitrogens with zero attached hydrogens (tertiary/aromatic N) is 6. The minimum Gasteiger partial charge on any atom is -0.497 e. The molecule has 8 heteroatoms. The number of hydrogen-bond donors (Lipinski definition) is 0. The Kier molecular flexibility index (Phi) is 5.25.